The topological polar surface area (TPSA) is 156 Å². The van der Waals surface area contributed by atoms with Crippen LogP contribution in [0.3, 0.4) is 0 Å². The van der Waals surface area contributed by atoms with Gasteiger partial charge in [0.05, 0.1) is 26.2 Å². The van der Waals surface area contributed by atoms with Crippen molar-refractivity contribution in [3.8, 4) is 0 Å². The summed E-state index contributed by atoms with van der Waals surface area (Å²) in [5, 5.41) is 34.5. The van der Waals surface area contributed by atoms with Crippen LogP contribution in [0.4, 0.5) is 0 Å². The molecule has 0 heterocycles. The van der Waals surface area contributed by atoms with Gasteiger partial charge in [0, 0.05) is 13.1 Å². The molecule has 0 saturated carbocycles. The Kier molecular flexibility index (Phi) is 11.4. The van der Waals surface area contributed by atoms with E-state index in [0.717, 1.165) is 9.80 Å². The fourth-order valence-electron chi connectivity index (χ4n) is 1.48. The van der Waals surface area contributed by atoms with Gasteiger partial charge in [-0.3, -0.25) is 29.0 Å². The van der Waals surface area contributed by atoms with Gasteiger partial charge < -0.3 is 20.4 Å². The zero-order chi connectivity index (χ0) is 15.7. The van der Waals surface area contributed by atoms with Crippen molar-refractivity contribution in [2.24, 2.45) is 0 Å². The molecule has 0 fully saturated rings. The summed E-state index contributed by atoms with van der Waals surface area (Å²) < 4.78 is 0. The molecule has 0 aliphatic rings. The van der Waals surface area contributed by atoms with Crippen molar-refractivity contribution in [3.05, 3.63) is 0 Å². The van der Waals surface area contributed by atoms with Crippen LogP contribution >= 0.6 is 0 Å². The molecule has 11 heteroatoms. The van der Waals surface area contributed by atoms with Crippen molar-refractivity contribution >= 4 is 41.2 Å². The molecule has 21 heavy (non-hydrogen) atoms. The molecular weight excluding hydrogens is 303 g/mol. The van der Waals surface area contributed by atoms with Crippen LogP contribution in [-0.2, 0) is 19.2 Å². The fourth-order valence-corrected chi connectivity index (χ4v) is 1.48. The van der Waals surface area contributed by atoms with E-state index in [9.17, 15) is 19.2 Å². The Balaban J connectivity index is 0. The van der Waals surface area contributed by atoms with Crippen LogP contribution in [0, 0.1) is 0 Å². The molecule has 0 unspecified atom stereocenters. The van der Waals surface area contributed by atoms with E-state index in [4.69, 9.17) is 20.4 Å². The molecule has 4 N–H and O–H groups in total. The van der Waals surface area contributed by atoms with Crippen LogP contribution in [0.2, 0.25) is 0 Å². The summed E-state index contributed by atoms with van der Waals surface area (Å²) in [6.07, 6.45) is 0. The van der Waals surface area contributed by atoms with Gasteiger partial charge in [0.15, 0.2) is 0 Å². The van der Waals surface area contributed by atoms with Crippen LogP contribution in [0.5, 0.6) is 0 Å². The van der Waals surface area contributed by atoms with Crippen LogP contribution in [-0.4, -0.2) is 111 Å². The first-order chi connectivity index (χ1) is 9.20. The third-order valence-electron chi connectivity index (χ3n) is 2.17. The second-order valence-corrected chi connectivity index (χ2v) is 4.00. The third kappa shape index (κ3) is 13.1. The predicted octanol–water partition coefficient (Wildman–Crippen LogP) is -2.45. The Morgan fingerprint density at radius 1 is 0.571 bits per heavy atom. The first-order valence-electron chi connectivity index (χ1n) is 5.52. The van der Waals surface area contributed by atoms with Gasteiger partial charge in [-0.15, -0.1) is 0 Å². The molecule has 0 amide bonds. The average molecular weight is 319 g/mol. The van der Waals surface area contributed by atoms with E-state index in [0.29, 0.717) is 0 Å². The monoisotopic (exact) mass is 319 g/mol. The number of carboxylic acid groups (broad SMARTS) is 4. The van der Waals surface area contributed by atoms with E-state index >= 15 is 0 Å². The molecule has 0 aromatic carbocycles. The summed E-state index contributed by atoms with van der Waals surface area (Å²) >= 11 is 0. The van der Waals surface area contributed by atoms with Crippen molar-refractivity contribution in [2.75, 3.05) is 39.3 Å². The van der Waals surface area contributed by atoms with E-state index in [1.807, 2.05) is 0 Å². The standard InChI is InChI=1S/C10H16N2O8.Al/c13-7(14)3-11(4-8(15)16)1-2-12(5-9(17)18)6-10(19)20;/h1-6H2,(H,13,14)(H,15,16)(H,17,18)(H,19,20);/q;+3. The molecule has 0 spiro atoms. The molecule has 0 aliphatic heterocycles. The van der Waals surface area contributed by atoms with E-state index < -0.39 is 50.1 Å². The van der Waals surface area contributed by atoms with Crippen LogP contribution < -0.4 is 0 Å². The number of rotatable bonds is 11. The number of hydrogen-bond acceptors (Lipinski definition) is 6. The van der Waals surface area contributed by atoms with Crippen molar-refractivity contribution in [1.29, 1.82) is 0 Å². The third-order valence-corrected chi connectivity index (χ3v) is 2.17. The van der Waals surface area contributed by atoms with Gasteiger partial charge in [-0.2, -0.15) is 0 Å². The minimum atomic E-state index is -1.23. The Hall–Kier alpha value is -1.67. The summed E-state index contributed by atoms with van der Waals surface area (Å²) in [5.74, 6) is -4.91. The molecule has 0 atom stereocenters. The number of carbonyl (C=O) groups is 4. The van der Waals surface area contributed by atoms with Gasteiger partial charge in [0.25, 0.3) is 0 Å². The maximum atomic E-state index is 10.6. The maximum Gasteiger partial charge on any atom is 3.00 e. The van der Waals surface area contributed by atoms with E-state index in [1.54, 1.807) is 0 Å². The molecule has 0 aromatic heterocycles. The number of aliphatic carboxylic acids is 4. The van der Waals surface area contributed by atoms with Crippen LogP contribution in [0.15, 0.2) is 0 Å². The molecule has 0 bridgehead atoms. The van der Waals surface area contributed by atoms with Crippen LogP contribution in [0.1, 0.15) is 0 Å². The molecule has 0 aromatic rings. The van der Waals surface area contributed by atoms with Gasteiger partial charge >= 0.3 is 41.2 Å². The van der Waals surface area contributed by atoms with Crippen molar-refractivity contribution in [3.63, 3.8) is 0 Å². The van der Waals surface area contributed by atoms with Crippen LogP contribution in [0.25, 0.3) is 0 Å². The first kappa shape index (κ1) is 21.6. The Morgan fingerprint density at radius 2 is 0.762 bits per heavy atom. The zero-order valence-electron chi connectivity index (χ0n) is 11.1. The quantitative estimate of drug-likeness (QED) is 0.301. The summed E-state index contributed by atoms with van der Waals surface area (Å²) in [6, 6.07) is 0. The second-order valence-electron chi connectivity index (χ2n) is 4.00. The predicted molar refractivity (Wildman–Crippen MR) is 69.2 cm³/mol. The molecular formula is C10H16AlN2O8+3. The van der Waals surface area contributed by atoms with Gasteiger partial charge in [-0.1, -0.05) is 0 Å². The number of hydrogen-bond donors (Lipinski definition) is 4. The fraction of sp³-hybridized carbons (Fsp3) is 0.600. The van der Waals surface area contributed by atoms with Gasteiger partial charge in [-0.25, -0.2) is 0 Å². The summed E-state index contributed by atoms with van der Waals surface area (Å²) in [4.78, 5) is 44.4. The summed E-state index contributed by atoms with van der Waals surface area (Å²) in [7, 11) is 0. The summed E-state index contributed by atoms with van der Waals surface area (Å²) in [5.41, 5.74) is 0. The Bertz CT molecular complexity index is 321. The summed E-state index contributed by atoms with van der Waals surface area (Å²) in [6.45, 7) is -2.25. The second kappa shape index (κ2) is 11.0. The average Bonchev–Trinajstić information content (AvgIpc) is 2.22. The smallest absolute Gasteiger partial charge is 0.480 e. The molecule has 10 nitrogen and oxygen atoms in total. The minimum absolute atomic E-state index is 0. The Morgan fingerprint density at radius 3 is 0.905 bits per heavy atom. The Labute approximate surface area is 130 Å². The van der Waals surface area contributed by atoms with Gasteiger partial charge in [0.1, 0.15) is 0 Å². The largest absolute Gasteiger partial charge is 3.00 e. The van der Waals surface area contributed by atoms with Gasteiger partial charge in [-0.05, 0) is 0 Å². The van der Waals surface area contributed by atoms with Crippen molar-refractivity contribution in [1.82, 2.24) is 9.80 Å². The molecule has 0 rings (SSSR count). The van der Waals surface area contributed by atoms with E-state index in [1.165, 1.54) is 0 Å². The normalized spacial score (nSPS) is 10.2. The van der Waals surface area contributed by atoms with Crippen molar-refractivity contribution in [2.45, 2.75) is 0 Å². The molecule has 0 aliphatic carbocycles. The zero-order valence-corrected chi connectivity index (χ0v) is 12.3. The SMILES string of the molecule is O=C(O)CN(CCN(CC(=O)O)CC(=O)O)CC(=O)O.[Al+3]. The number of carboxylic acids is 4. The van der Waals surface area contributed by atoms with Gasteiger partial charge in [0.2, 0.25) is 0 Å². The molecule has 114 valence electrons. The first-order valence-corrected chi connectivity index (χ1v) is 5.52. The molecule has 0 radical (unpaired) electrons. The maximum absolute atomic E-state index is 10.6. The van der Waals surface area contributed by atoms with E-state index in [2.05, 4.69) is 0 Å². The van der Waals surface area contributed by atoms with E-state index in [-0.39, 0.29) is 30.5 Å². The van der Waals surface area contributed by atoms with Crippen molar-refractivity contribution < 1.29 is 39.6 Å². The minimum Gasteiger partial charge on any atom is -0.480 e. The number of nitrogens with zero attached hydrogens (tertiary/aromatic N) is 2. The molecule has 0 saturated heterocycles.